The molecule has 0 aliphatic heterocycles. The van der Waals surface area contributed by atoms with E-state index in [2.05, 4.69) is 15.4 Å². The summed E-state index contributed by atoms with van der Waals surface area (Å²) in [5, 5.41) is 17.2. The van der Waals surface area contributed by atoms with Crippen LogP contribution in [0.3, 0.4) is 0 Å². The zero-order chi connectivity index (χ0) is 25.5. The number of hydrogen-bond acceptors (Lipinski definition) is 7. The molecule has 2 amide bonds. The lowest BCUT2D eigenvalue weighted by Crippen LogP contribution is -2.21. The van der Waals surface area contributed by atoms with Crippen LogP contribution < -0.4 is 11.1 Å². The van der Waals surface area contributed by atoms with E-state index < -0.39 is 35.2 Å². The highest BCUT2D eigenvalue weighted by atomic mass is 32.1. The molecule has 0 saturated carbocycles. The third kappa shape index (κ3) is 4.82. The summed E-state index contributed by atoms with van der Waals surface area (Å²) >= 11 is 0.618. The zero-order valence-electron chi connectivity index (χ0n) is 17.8. The van der Waals surface area contributed by atoms with E-state index >= 15 is 0 Å². The first kappa shape index (κ1) is 23.8. The van der Waals surface area contributed by atoms with Gasteiger partial charge in [0.05, 0.1) is 10.6 Å². The molecular formula is C21H15F3N6O4S. The molecule has 0 bridgehead atoms. The molecule has 3 heterocycles. The van der Waals surface area contributed by atoms with Crippen LogP contribution in [0.5, 0.6) is 0 Å². The number of benzene rings is 1. The third-order valence-electron chi connectivity index (χ3n) is 4.94. The van der Waals surface area contributed by atoms with Crippen LogP contribution in [0.4, 0.5) is 24.5 Å². The second-order valence-corrected chi connectivity index (χ2v) is 8.47. The van der Waals surface area contributed by atoms with Crippen molar-refractivity contribution in [3.8, 4) is 11.1 Å². The molecule has 0 aliphatic carbocycles. The van der Waals surface area contributed by atoms with E-state index in [1.807, 2.05) is 6.92 Å². The number of nitrogens with zero attached hydrogens (tertiary/aromatic N) is 4. The minimum absolute atomic E-state index is 0.0936. The molecule has 35 heavy (non-hydrogen) atoms. The molecule has 3 N–H and O–H groups in total. The van der Waals surface area contributed by atoms with E-state index in [1.165, 1.54) is 0 Å². The summed E-state index contributed by atoms with van der Waals surface area (Å²) in [6.45, 7) is 1.35. The van der Waals surface area contributed by atoms with Gasteiger partial charge in [0.25, 0.3) is 5.91 Å². The molecule has 0 atom stereocenters. The Hall–Kier alpha value is -4.33. The van der Waals surface area contributed by atoms with Gasteiger partial charge in [0.2, 0.25) is 5.91 Å². The molecule has 0 spiro atoms. The normalized spacial score (nSPS) is 11.5. The van der Waals surface area contributed by atoms with Gasteiger partial charge in [0.1, 0.15) is 34.3 Å². The first-order valence-electron chi connectivity index (χ1n) is 9.82. The number of carbonyl (C=O) groups excluding carboxylic acids is 2. The predicted octanol–water partition coefficient (Wildman–Crippen LogP) is 4.13. The lowest BCUT2D eigenvalue weighted by atomic mass is 10.00. The number of aryl methyl sites for hydroxylation is 1. The van der Waals surface area contributed by atoms with Crippen molar-refractivity contribution < 1.29 is 27.7 Å². The Balaban J connectivity index is 1.85. The van der Waals surface area contributed by atoms with Crippen molar-refractivity contribution in [2.75, 3.05) is 5.32 Å². The summed E-state index contributed by atoms with van der Waals surface area (Å²) < 4.78 is 41.7. The number of nitrogens with two attached hydrogens (primary N) is 1. The Labute approximate surface area is 198 Å². The molecular weight excluding hydrogens is 489 g/mol. The molecule has 0 saturated heterocycles. The maximum atomic E-state index is 13.6. The second kappa shape index (κ2) is 8.79. The van der Waals surface area contributed by atoms with Gasteiger partial charge in [-0.15, -0.1) is 11.3 Å². The SMILES string of the molecule is Cc1ccc(-c2cc(C(F)(F)F)nc3sc(C(N)=O)c(NC(=O)Cn4cc([N+](=O)[O-])cn4)c23)cc1. The van der Waals surface area contributed by atoms with E-state index in [0.29, 0.717) is 16.9 Å². The average Bonchev–Trinajstić information content (AvgIpc) is 3.38. The fourth-order valence-electron chi connectivity index (χ4n) is 3.36. The Kier molecular flexibility index (Phi) is 5.98. The number of primary amides is 1. The van der Waals surface area contributed by atoms with Gasteiger partial charge in [-0.1, -0.05) is 29.8 Å². The summed E-state index contributed by atoms with van der Waals surface area (Å²) in [5.41, 5.74) is 5.23. The largest absolute Gasteiger partial charge is 0.433 e. The number of carbonyl (C=O) groups is 2. The van der Waals surface area contributed by atoms with Crippen molar-refractivity contribution in [2.24, 2.45) is 5.73 Å². The van der Waals surface area contributed by atoms with E-state index in [0.717, 1.165) is 28.7 Å². The fourth-order valence-corrected chi connectivity index (χ4v) is 4.36. The van der Waals surface area contributed by atoms with Gasteiger partial charge in [-0.3, -0.25) is 24.4 Å². The molecule has 10 nitrogen and oxygen atoms in total. The summed E-state index contributed by atoms with van der Waals surface area (Å²) in [6.07, 6.45) is -2.77. The topological polar surface area (TPSA) is 146 Å². The van der Waals surface area contributed by atoms with Crippen molar-refractivity contribution in [1.29, 1.82) is 0 Å². The van der Waals surface area contributed by atoms with E-state index in [9.17, 15) is 32.9 Å². The van der Waals surface area contributed by atoms with Gasteiger partial charge >= 0.3 is 11.9 Å². The number of amides is 2. The highest BCUT2D eigenvalue weighted by Crippen LogP contribution is 2.43. The lowest BCUT2D eigenvalue weighted by Gasteiger charge is -2.12. The summed E-state index contributed by atoms with van der Waals surface area (Å²) in [6, 6.07) is 7.48. The molecule has 1 aromatic carbocycles. The smallest absolute Gasteiger partial charge is 0.365 e. The first-order chi connectivity index (χ1) is 16.4. The van der Waals surface area contributed by atoms with Gasteiger partial charge in [-0.25, -0.2) is 4.98 Å². The maximum absolute atomic E-state index is 13.6. The summed E-state index contributed by atoms with van der Waals surface area (Å²) in [4.78, 5) is 38.3. The number of nitro groups is 1. The van der Waals surface area contributed by atoms with Crippen LogP contribution in [-0.2, 0) is 17.5 Å². The molecule has 0 aliphatic rings. The fraction of sp³-hybridized carbons (Fsp3) is 0.143. The number of halogens is 3. The van der Waals surface area contributed by atoms with Crippen molar-refractivity contribution in [3.63, 3.8) is 0 Å². The number of aromatic nitrogens is 3. The van der Waals surface area contributed by atoms with E-state index in [-0.39, 0.29) is 32.0 Å². The average molecular weight is 504 g/mol. The summed E-state index contributed by atoms with van der Waals surface area (Å²) in [7, 11) is 0. The molecule has 0 fully saturated rings. The van der Waals surface area contributed by atoms with Gasteiger partial charge < -0.3 is 11.1 Å². The van der Waals surface area contributed by atoms with Gasteiger partial charge in [0, 0.05) is 5.39 Å². The van der Waals surface area contributed by atoms with E-state index in [1.54, 1.807) is 24.3 Å². The molecule has 4 aromatic rings. The van der Waals surface area contributed by atoms with Crippen molar-refractivity contribution in [3.05, 3.63) is 69.0 Å². The van der Waals surface area contributed by atoms with Crippen LogP contribution in [0.15, 0.2) is 42.7 Å². The molecule has 0 unspecified atom stereocenters. The third-order valence-corrected chi connectivity index (χ3v) is 6.04. The lowest BCUT2D eigenvalue weighted by molar-refractivity contribution is -0.385. The number of pyridine rings is 1. The molecule has 180 valence electrons. The minimum atomic E-state index is -4.76. The molecule has 0 radical (unpaired) electrons. The second-order valence-electron chi connectivity index (χ2n) is 7.47. The number of fused-ring (bicyclic) bond motifs is 1. The number of hydrogen-bond donors (Lipinski definition) is 2. The van der Waals surface area contributed by atoms with E-state index in [4.69, 9.17) is 5.73 Å². The first-order valence-corrected chi connectivity index (χ1v) is 10.6. The highest BCUT2D eigenvalue weighted by molar-refractivity contribution is 7.21. The Morgan fingerprint density at radius 1 is 1.26 bits per heavy atom. The van der Waals surface area contributed by atoms with Crippen molar-refractivity contribution >= 4 is 44.7 Å². The maximum Gasteiger partial charge on any atom is 0.433 e. The molecule has 3 aromatic heterocycles. The number of nitrogens with one attached hydrogen (secondary N) is 1. The van der Waals surface area contributed by atoms with Crippen LogP contribution in [0.25, 0.3) is 21.3 Å². The van der Waals surface area contributed by atoms with Crippen LogP contribution in [0, 0.1) is 17.0 Å². The summed E-state index contributed by atoms with van der Waals surface area (Å²) in [5.74, 6) is -1.71. The quantitative estimate of drug-likeness (QED) is 0.298. The standard InChI is InChI=1S/C21H15F3N6O4S/c1-10-2-4-11(5-3-10)13-6-14(21(22,23)24)27-20-16(13)17(18(35-20)19(25)32)28-15(31)9-29-8-12(7-26-29)30(33)34/h2-8H,9H2,1H3,(H2,25,32)(H,28,31). The van der Waals surface area contributed by atoms with Gasteiger partial charge in [0.15, 0.2) is 0 Å². The zero-order valence-corrected chi connectivity index (χ0v) is 18.6. The van der Waals surface area contributed by atoms with Crippen LogP contribution >= 0.6 is 11.3 Å². The highest BCUT2D eigenvalue weighted by Gasteiger charge is 2.35. The van der Waals surface area contributed by atoms with Crippen LogP contribution in [0.2, 0.25) is 0 Å². The minimum Gasteiger partial charge on any atom is -0.365 e. The van der Waals surface area contributed by atoms with Crippen molar-refractivity contribution in [2.45, 2.75) is 19.6 Å². The number of thiophene rings is 1. The number of anilines is 1. The Bertz CT molecular complexity index is 1480. The monoisotopic (exact) mass is 504 g/mol. The Morgan fingerprint density at radius 2 is 1.94 bits per heavy atom. The molecule has 14 heteroatoms. The predicted molar refractivity (Wildman–Crippen MR) is 121 cm³/mol. The van der Waals surface area contributed by atoms with Crippen molar-refractivity contribution in [1.82, 2.24) is 14.8 Å². The van der Waals surface area contributed by atoms with Crippen LogP contribution in [-0.4, -0.2) is 31.5 Å². The Morgan fingerprint density at radius 3 is 2.51 bits per heavy atom. The van der Waals surface area contributed by atoms with Crippen LogP contribution in [0.1, 0.15) is 20.9 Å². The van der Waals surface area contributed by atoms with Gasteiger partial charge in [-0.2, -0.15) is 18.3 Å². The number of rotatable bonds is 6. The molecule has 4 rings (SSSR count). The van der Waals surface area contributed by atoms with Gasteiger partial charge in [-0.05, 0) is 24.1 Å². The number of alkyl halides is 3.